The van der Waals surface area contributed by atoms with Crippen molar-refractivity contribution in [3.63, 3.8) is 0 Å². The molecule has 0 fully saturated rings. The SMILES string of the molecule is COc1ccc(/C=C(/C#N)c2ccc(C)cc2)cc1. The van der Waals surface area contributed by atoms with Gasteiger partial charge in [0.05, 0.1) is 18.8 Å². The van der Waals surface area contributed by atoms with Crippen LogP contribution in [0.25, 0.3) is 11.6 Å². The highest BCUT2D eigenvalue weighted by atomic mass is 16.5. The van der Waals surface area contributed by atoms with Crippen LogP contribution in [0.5, 0.6) is 5.75 Å². The topological polar surface area (TPSA) is 33.0 Å². The van der Waals surface area contributed by atoms with E-state index in [0.717, 1.165) is 16.9 Å². The molecule has 0 bridgehead atoms. The molecule has 2 aromatic rings. The van der Waals surface area contributed by atoms with Gasteiger partial charge in [0.15, 0.2) is 0 Å². The van der Waals surface area contributed by atoms with E-state index in [-0.39, 0.29) is 0 Å². The monoisotopic (exact) mass is 249 g/mol. The fourth-order valence-electron chi connectivity index (χ4n) is 1.78. The van der Waals surface area contributed by atoms with Gasteiger partial charge in [-0.3, -0.25) is 0 Å². The maximum absolute atomic E-state index is 9.27. The zero-order valence-electron chi connectivity index (χ0n) is 11.1. The van der Waals surface area contributed by atoms with Crippen LogP contribution < -0.4 is 4.74 Å². The molecule has 0 N–H and O–H groups in total. The summed E-state index contributed by atoms with van der Waals surface area (Å²) in [5.74, 6) is 0.811. The Morgan fingerprint density at radius 2 is 1.68 bits per heavy atom. The summed E-state index contributed by atoms with van der Waals surface area (Å²) in [4.78, 5) is 0. The number of nitrogens with zero attached hydrogens (tertiary/aromatic N) is 1. The van der Waals surface area contributed by atoms with Crippen molar-refractivity contribution in [2.75, 3.05) is 7.11 Å². The van der Waals surface area contributed by atoms with Gasteiger partial charge < -0.3 is 4.74 Å². The van der Waals surface area contributed by atoms with E-state index in [0.29, 0.717) is 5.57 Å². The van der Waals surface area contributed by atoms with E-state index in [9.17, 15) is 5.26 Å². The molecule has 94 valence electrons. The molecule has 0 aliphatic rings. The number of aryl methyl sites for hydroxylation is 1. The summed E-state index contributed by atoms with van der Waals surface area (Å²) in [6.07, 6.45) is 1.88. The number of rotatable bonds is 3. The Labute approximate surface area is 113 Å². The molecule has 0 saturated carbocycles. The Kier molecular flexibility index (Phi) is 4.00. The molecule has 19 heavy (non-hydrogen) atoms. The fraction of sp³-hybridized carbons (Fsp3) is 0.118. The van der Waals surface area contributed by atoms with E-state index in [4.69, 9.17) is 4.74 Å². The van der Waals surface area contributed by atoms with Crippen LogP contribution in [-0.4, -0.2) is 7.11 Å². The Morgan fingerprint density at radius 3 is 2.21 bits per heavy atom. The van der Waals surface area contributed by atoms with Gasteiger partial charge in [0, 0.05) is 0 Å². The third kappa shape index (κ3) is 3.23. The van der Waals surface area contributed by atoms with Crippen LogP contribution >= 0.6 is 0 Å². The highest BCUT2D eigenvalue weighted by Crippen LogP contribution is 2.19. The summed E-state index contributed by atoms with van der Waals surface area (Å²) in [5, 5.41) is 9.27. The zero-order chi connectivity index (χ0) is 13.7. The van der Waals surface area contributed by atoms with E-state index in [1.165, 1.54) is 5.56 Å². The number of nitriles is 1. The maximum atomic E-state index is 9.27. The average Bonchev–Trinajstić information content (AvgIpc) is 2.46. The first kappa shape index (κ1) is 12.9. The van der Waals surface area contributed by atoms with Gasteiger partial charge >= 0.3 is 0 Å². The van der Waals surface area contributed by atoms with Crippen molar-refractivity contribution in [3.8, 4) is 11.8 Å². The number of hydrogen-bond donors (Lipinski definition) is 0. The molecule has 2 heteroatoms. The van der Waals surface area contributed by atoms with Crippen molar-refractivity contribution >= 4 is 11.6 Å². The molecule has 0 atom stereocenters. The predicted octanol–water partition coefficient (Wildman–Crippen LogP) is 4.07. The molecule has 0 aromatic heterocycles. The quantitative estimate of drug-likeness (QED) is 0.607. The van der Waals surface area contributed by atoms with Gasteiger partial charge in [-0.2, -0.15) is 5.26 Å². The second-order valence-electron chi connectivity index (χ2n) is 4.31. The van der Waals surface area contributed by atoms with Gasteiger partial charge in [0.2, 0.25) is 0 Å². The number of ether oxygens (including phenoxy) is 1. The summed E-state index contributed by atoms with van der Waals surface area (Å²) >= 11 is 0. The molecule has 2 nitrogen and oxygen atoms in total. The van der Waals surface area contributed by atoms with E-state index in [2.05, 4.69) is 6.07 Å². The first-order chi connectivity index (χ1) is 9.22. The first-order valence-corrected chi connectivity index (χ1v) is 6.06. The third-order valence-corrected chi connectivity index (χ3v) is 2.91. The summed E-state index contributed by atoms with van der Waals surface area (Å²) < 4.78 is 5.11. The van der Waals surface area contributed by atoms with Gasteiger partial charge in [-0.15, -0.1) is 0 Å². The van der Waals surface area contributed by atoms with Gasteiger partial charge in [-0.1, -0.05) is 42.0 Å². The molecule has 0 saturated heterocycles. The second-order valence-corrected chi connectivity index (χ2v) is 4.31. The van der Waals surface area contributed by atoms with Crippen molar-refractivity contribution < 1.29 is 4.74 Å². The molecule has 0 amide bonds. The smallest absolute Gasteiger partial charge is 0.118 e. The van der Waals surface area contributed by atoms with Gasteiger partial charge in [0.25, 0.3) is 0 Å². The summed E-state index contributed by atoms with van der Waals surface area (Å²) in [6, 6.07) is 17.8. The number of hydrogen-bond acceptors (Lipinski definition) is 2. The van der Waals surface area contributed by atoms with Gasteiger partial charge in [0.1, 0.15) is 5.75 Å². The van der Waals surface area contributed by atoms with E-state index in [1.54, 1.807) is 7.11 Å². The largest absolute Gasteiger partial charge is 0.497 e. The summed E-state index contributed by atoms with van der Waals surface area (Å²) in [7, 11) is 1.64. The number of allylic oxidation sites excluding steroid dienone is 1. The lowest BCUT2D eigenvalue weighted by atomic mass is 10.0. The number of methoxy groups -OCH3 is 1. The normalized spacial score (nSPS) is 10.9. The lowest BCUT2D eigenvalue weighted by Gasteiger charge is -2.02. The Bertz CT molecular complexity index is 616. The minimum absolute atomic E-state index is 0.658. The molecule has 0 unspecified atom stereocenters. The summed E-state index contributed by atoms with van der Waals surface area (Å²) in [5.41, 5.74) is 3.76. The molecule has 2 aromatic carbocycles. The fourth-order valence-corrected chi connectivity index (χ4v) is 1.78. The third-order valence-electron chi connectivity index (χ3n) is 2.91. The highest BCUT2D eigenvalue weighted by Gasteiger charge is 2.01. The lowest BCUT2D eigenvalue weighted by molar-refractivity contribution is 0.415. The average molecular weight is 249 g/mol. The van der Waals surface area contributed by atoms with Gasteiger partial charge in [-0.05, 0) is 36.3 Å². The van der Waals surface area contributed by atoms with Crippen LogP contribution in [-0.2, 0) is 0 Å². The molecule has 0 aliphatic heterocycles. The van der Waals surface area contributed by atoms with Crippen LogP contribution in [0.3, 0.4) is 0 Å². The van der Waals surface area contributed by atoms with Crippen LogP contribution in [0.15, 0.2) is 48.5 Å². The van der Waals surface area contributed by atoms with E-state index < -0.39 is 0 Å². The van der Waals surface area contributed by atoms with E-state index >= 15 is 0 Å². The Balaban J connectivity index is 2.33. The molecule has 2 rings (SSSR count). The van der Waals surface area contributed by atoms with Crippen LogP contribution in [0.2, 0.25) is 0 Å². The Hall–Kier alpha value is -2.53. The number of benzene rings is 2. The predicted molar refractivity (Wildman–Crippen MR) is 77.7 cm³/mol. The van der Waals surface area contributed by atoms with Crippen molar-refractivity contribution in [3.05, 3.63) is 65.2 Å². The minimum atomic E-state index is 0.658. The molecule has 0 radical (unpaired) electrons. The zero-order valence-corrected chi connectivity index (χ0v) is 11.1. The van der Waals surface area contributed by atoms with Crippen LogP contribution in [0.4, 0.5) is 0 Å². The standard InChI is InChI=1S/C17H15NO/c1-13-3-7-15(8-4-13)16(12-18)11-14-5-9-17(19-2)10-6-14/h3-11H,1-2H3/b16-11-. The maximum Gasteiger partial charge on any atom is 0.118 e. The molecular weight excluding hydrogens is 234 g/mol. The van der Waals surface area contributed by atoms with Crippen LogP contribution in [0.1, 0.15) is 16.7 Å². The summed E-state index contributed by atoms with van der Waals surface area (Å²) in [6.45, 7) is 2.03. The highest BCUT2D eigenvalue weighted by molar-refractivity contribution is 5.89. The van der Waals surface area contributed by atoms with Crippen molar-refractivity contribution in [2.24, 2.45) is 0 Å². The lowest BCUT2D eigenvalue weighted by Crippen LogP contribution is -1.84. The Morgan fingerprint density at radius 1 is 1.05 bits per heavy atom. The van der Waals surface area contributed by atoms with Gasteiger partial charge in [-0.25, -0.2) is 0 Å². The molecule has 0 heterocycles. The molecule has 0 aliphatic carbocycles. The van der Waals surface area contributed by atoms with Crippen molar-refractivity contribution in [1.82, 2.24) is 0 Å². The van der Waals surface area contributed by atoms with Crippen LogP contribution in [0, 0.1) is 18.3 Å². The van der Waals surface area contributed by atoms with Crippen molar-refractivity contribution in [2.45, 2.75) is 6.92 Å². The second kappa shape index (κ2) is 5.88. The molecule has 0 spiro atoms. The first-order valence-electron chi connectivity index (χ1n) is 6.06. The molecular formula is C17H15NO. The van der Waals surface area contributed by atoms with Crippen molar-refractivity contribution in [1.29, 1.82) is 5.26 Å². The van der Waals surface area contributed by atoms with E-state index in [1.807, 2.05) is 61.5 Å². The minimum Gasteiger partial charge on any atom is -0.497 e.